The lowest BCUT2D eigenvalue weighted by Gasteiger charge is -2.25. The molecule has 6 aliphatic rings. The maximum Gasteiger partial charge on any atom is 0.387 e. The van der Waals surface area contributed by atoms with Crippen molar-refractivity contribution in [2.75, 3.05) is 45.4 Å². The van der Waals surface area contributed by atoms with Crippen molar-refractivity contribution in [2.24, 2.45) is 5.92 Å². The van der Waals surface area contributed by atoms with Crippen molar-refractivity contribution in [1.82, 2.24) is 112 Å². The summed E-state index contributed by atoms with van der Waals surface area (Å²) in [6, 6.07) is 1.63. The molecule has 18 rings (SSSR count). The summed E-state index contributed by atoms with van der Waals surface area (Å²) in [6.07, 6.45) is -7.59. The van der Waals surface area contributed by atoms with Crippen LogP contribution >= 0.6 is 63.9 Å². The van der Waals surface area contributed by atoms with E-state index in [-0.39, 0.29) is 116 Å². The number of hydrogen-bond acceptors (Lipinski definition) is 39. The molecule has 19 atom stereocenters. The minimum Gasteiger partial charge on any atom is -0.383 e. The lowest BCUT2D eigenvalue weighted by Crippen LogP contribution is -2.32. The van der Waals surface area contributed by atoms with E-state index in [1.165, 1.54) is 64.1 Å². The van der Waals surface area contributed by atoms with Crippen LogP contribution in [0.5, 0.6) is 0 Å². The second-order valence-electron chi connectivity index (χ2n) is 27.8. The highest BCUT2D eigenvalue weighted by atomic mass is 32.9. The topological polar surface area (TPSA) is 571 Å². The monoisotopic (exact) mass is 1960 g/mol. The van der Waals surface area contributed by atoms with Gasteiger partial charge < -0.3 is 104 Å². The van der Waals surface area contributed by atoms with Crippen LogP contribution < -0.4 is 22.4 Å². The number of aryl methyl sites for hydroxylation is 3. The lowest BCUT2D eigenvalue weighted by atomic mass is 10.1. The zero-order valence-electron chi connectivity index (χ0n) is 63.5. The van der Waals surface area contributed by atoms with E-state index in [9.17, 15) is 38.5 Å². The van der Waals surface area contributed by atoms with Crippen molar-refractivity contribution in [3.8, 4) is 0 Å². The SMILES string of the molecule is Cc1nc2c(ncn2[C@@H]2O[C@@H]3COP(=S)(S)OCCn4c(nc5cncnc54)COP(O)(=S)O[C@@H]2[C@@H]3F)c(=O)[nH]1.Cc1nc2c(ncn2[C@@H]2O[C@@H]3COP(O)(=S)OCCn4c(cc5c(N)ncnc54)COP(=O)(S)O[C@@H]2[C@@H]3F)c(=O)[nH]1.Cc1nc2c(ncn2[C@@H]2O[C@@H]3COP(O)(=S)OC[C@H](C)Cn4c(nc5cncnc54)COP(O)(=S)O[C@@H]2[C@@H]3F)c(=O)[nH]1. The van der Waals surface area contributed by atoms with Gasteiger partial charge in [-0.25, -0.2) is 87.5 Å². The van der Waals surface area contributed by atoms with E-state index in [1.807, 2.05) is 6.92 Å². The first-order valence-corrected chi connectivity index (χ1v) is 53.1. The Balaban J connectivity index is 0.000000137. The summed E-state index contributed by atoms with van der Waals surface area (Å²) >= 11 is 34.7. The number of hydrogen-bond donors (Lipinski definition) is 10. The number of thiol groups is 2. The smallest absolute Gasteiger partial charge is 0.383 e. The fraction of sp³-hybridized carbons (Fsp3) is 0.483. The maximum absolute atomic E-state index is 16.0. The third kappa shape index (κ3) is 19.7. The summed E-state index contributed by atoms with van der Waals surface area (Å²) in [5.74, 6) is 1.49. The summed E-state index contributed by atoms with van der Waals surface area (Å²) in [7, 11) is 0. The Labute approximate surface area is 723 Å². The van der Waals surface area contributed by atoms with Crippen molar-refractivity contribution in [2.45, 2.75) is 141 Å². The summed E-state index contributed by atoms with van der Waals surface area (Å²) < 4.78 is 155. The number of nitrogen functional groups attached to an aromatic ring is 1. The number of aromatic amines is 3. The largest absolute Gasteiger partial charge is 0.387 e. The highest BCUT2D eigenvalue weighted by Crippen LogP contribution is 2.60. The predicted molar refractivity (Wildman–Crippen MR) is 447 cm³/mol. The number of rotatable bonds is 3. The van der Waals surface area contributed by atoms with Gasteiger partial charge >= 0.3 is 33.7 Å². The number of anilines is 1. The standard InChI is InChI=1S/C21H25FN8O8P2S2.C20H23FN8O8P2S2.C19H21FN8O7P2S3/c1-10-4-29-14(28-12-3-23-8-24-18(12)29)7-36-40(33,42)38-17-15(22)13(6-35-39(32,41)34-5-10)37-21(17)30-9-25-16-19(30)26-11(2)27-20(16)31;1-9-26-18-14(19(30)27-9)25-8-29(18)20-15-13(21)12(36-20)6-35-38(31,40)33-3-2-28-10(5-34-39(32,41)37-15)4-11-16(22)23-7-24-17(11)28;1-9-24-17-14(18(29)25-9)23-8-28(17)19-15-13(20)11(34-19)5-33-37(39,40)31-3-2-27-12(6-32-36(30,38)35-15)26-10-4-21-7-22-16(10)27/h3,8-10,13,15,17,21H,4-7H2,1-2H3,(H,32,41)(H,33,42)(H,26,27,31);4,7-8,12-13,15,20H,2-3,5-6H2,1H3,(H,31,40)(H,32,41)(H2,22,23,24)(H,26,27,30);4,7-8,11,13,15,19H,2-3,5-6H2,1H3,(H,30,38)(H,39,40)(H,24,25,29)/t10-,13-,15-,17-,21-,39?,40?;12-,13-,15-,20-,38?,39?;11-,13-,15-,19-,36?/m111/s1. The van der Waals surface area contributed by atoms with Gasteiger partial charge in [0.2, 0.25) is 5.69 Å². The Bertz CT molecular complexity index is 6580. The van der Waals surface area contributed by atoms with E-state index in [1.54, 1.807) is 40.5 Å². The number of ether oxygens (including phenoxy) is 3. The fourth-order valence-corrected chi connectivity index (χ4v) is 21.8. The number of nitrogens with zero attached hydrogens (tertiary/aromatic N) is 20. The molecule has 123 heavy (non-hydrogen) atoms. The van der Waals surface area contributed by atoms with E-state index >= 15 is 13.2 Å². The van der Waals surface area contributed by atoms with Crippen LogP contribution in [0.3, 0.4) is 0 Å². The van der Waals surface area contributed by atoms with Crippen LogP contribution in [0.1, 0.15) is 60.4 Å². The van der Waals surface area contributed by atoms with Crippen LogP contribution in [0.4, 0.5) is 19.0 Å². The van der Waals surface area contributed by atoms with Gasteiger partial charge in [0, 0.05) is 25.3 Å². The van der Waals surface area contributed by atoms with Gasteiger partial charge in [0.1, 0.15) is 120 Å². The number of nitrogens with two attached hydrogens (primary N) is 1. The van der Waals surface area contributed by atoms with Gasteiger partial charge in [-0.1, -0.05) is 31.4 Å². The Hall–Kier alpha value is -6.22. The number of imidazole rings is 5. The summed E-state index contributed by atoms with van der Waals surface area (Å²) in [6.45, 7) is -15.4. The fourth-order valence-electron chi connectivity index (χ4n) is 13.8. The third-order valence-corrected chi connectivity index (χ3v) is 29.5. The van der Waals surface area contributed by atoms with Crippen LogP contribution in [0, 0.1) is 26.7 Å². The molecule has 6 bridgehead atoms. The zero-order chi connectivity index (χ0) is 87.1. The number of halogens is 3. The van der Waals surface area contributed by atoms with Crippen LogP contribution in [-0.2, 0) is 172 Å². The maximum atomic E-state index is 16.0. The Morgan fingerprint density at radius 2 is 0.911 bits per heavy atom. The molecular weight excluding hydrogens is 1890 g/mol. The molecule has 12 aromatic heterocycles. The highest BCUT2D eigenvalue weighted by Gasteiger charge is 2.54. The second kappa shape index (κ2) is 36.0. The summed E-state index contributed by atoms with van der Waals surface area (Å²) in [4.78, 5) is 147. The van der Waals surface area contributed by atoms with E-state index in [0.29, 0.717) is 63.1 Å². The molecule has 3 fully saturated rings. The van der Waals surface area contributed by atoms with E-state index in [2.05, 4.69) is 109 Å². The van der Waals surface area contributed by atoms with Gasteiger partial charge in [-0.05, 0) is 91.8 Å². The molecular formula is C60H69F3N24O23P6S7. The summed E-state index contributed by atoms with van der Waals surface area (Å²) in [5, 5.41) is 0.488. The molecule has 660 valence electrons. The number of alkyl halides is 3. The predicted octanol–water partition coefficient (Wildman–Crippen LogP) is 5.24. The molecule has 0 amide bonds. The molecule has 0 spiro atoms. The van der Waals surface area contributed by atoms with Crippen LogP contribution in [0.25, 0.3) is 66.9 Å². The second-order valence-corrected chi connectivity index (χ2v) is 47.2. The molecule has 0 saturated carbocycles. The number of aromatic nitrogens is 23. The third-order valence-electron chi connectivity index (χ3n) is 19.3. The van der Waals surface area contributed by atoms with Crippen LogP contribution in [-0.4, -0.2) is 226 Å². The summed E-state index contributed by atoms with van der Waals surface area (Å²) in [5.41, 5.74) is 4.33. The van der Waals surface area contributed by atoms with Crippen molar-refractivity contribution in [3.05, 3.63) is 122 Å². The lowest BCUT2D eigenvalue weighted by molar-refractivity contribution is -0.0463. The Kier molecular flexibility index (Phi) is 26.4. The number of nitrogens with one attached hydrogen (secondary N) is 3. The van der Waals surface area contributed by atoms with Gasteiger partial charge in [0.15, 0.2) is 82.0 Å². The average molecular weight is 1960 g/mol. The van der Waals surface area contributed by atoms with Gasteiger partial charge in [-0.2, -0.15) is 0 Å². The van der Waals surface area contributed by atoms with Gasteiger partial charge in [-0.3, -0.25) is 46.2 Å². The van der Waals surface area contributed by atoms with Crippen molar-refractivity contribution in [1.29, 1.82) is 0 Å². The number of H-pyrrole nitrogens is 3. The van der Waals surface area contributed by atoms with Crippen molar-refractivity contribution in [3.63, 3.8) is 0 Å². The first kappa shape index (κ1) is 90.1. The molecule has 6 aliphatic heterocycles. The molecule has 0 radical (unpaired) electrons. The average Bonchev–Trinajstić information content (AvgIpc) is 1.50. The van der Waals surface area contributed by atoms with Gasteiger partial charge in [0.05, 0.1) is 83.0 Å². The minimum absolute atomic E-state index is 0.00363. The van der Waals surface area contributed by atoms with Crippen LogP contribution in [0.15, 0.2) is 70.8 Å². The first-order chi connectivity index (χ1) is 58.3. The van der Waals surface area contributed by atoms with Crippen LogP contribution in [0.2, 0.25) is 0 Å². The normalized spacial score (nSPS) is 32.3. The van der Waals surface area contributed by atoms with E-state index in [0.717, 1.165) is 0 Å². The zero-order valence-corrected chi connectivity index (χ0v) is 74.7. The quantitative estimate of drug-likeness (QED) is 0.0798. The van der Waals surface area contributed by atoms with E-state index in [4.69, 9.17) is 133 Å². The minimum atomic E-state index is -4.28. The molecule has 12 aromatic rings. The van der Waals surface area contributed by atoms with Crippen molar-refractivity contribution < 1.29 is 106 Å². The van der Waals surface area contributed by atoms with Crippen molar-refractivity contribution >= 4 is 196 Å². The molecule has 47 nitrogen and oxygen atoms in total. The van der Waals surface area contributed by atoms with Gasteiger partial charge in [0.25, 0.3) is 16.7 Å². The highest BCUT2D eigenvalue weighted by molar-refractivity contribution is 8.60. The molecule has 9 N–H and O–H groups in total. The molecule has 18 heterocycles. The van der Waals surface area contributed by atoms with Gasteiger partial charge in [-0.15, -0.1) is 0 Å². The van der Waals surface area contributed by atoms with E-state index < -0.39 is 143 Å². The Morgan fingerprint density at radius 1 is 0.488 bits per heavy atom. The molecule has 3 saturated heterocycles. The Morgan fingerprint density at radius 3 is 1.41 bits per heavy atom. The molecule has 0 aliphatic carbocycles. The number of fused-ring (bicyclic) bond motifs is 18. The molecule has 0 aromatic carbocycles. The first-order valence-electron chi connectivity index (χ1n) is 36.2. The molecule has 6 unspecified atom stereocenters. The molecule has 63 heteroatoms.